The molecule has 0 saturated carbocycles. The Morgan fingerprint density at radius 3 is 2.44 bits per heavy atom. The molecule has 2 rings (SSSR count). The molecule has 1 heterocycles. The summed E-state index contributed by atoms with van der Waals surface area (Å²) in [5, 5.41) is 6.82. The molecule has 4 nitrogen and oxygen atoms in total. The monoisotopic (exact) mass is 365 g/mol. The molecule has 0 unspecified atom stereocenters. The average molecular weight is 366 g/mol. The van der Waals surface area contributed by atoms with Crippen molar-refractivity contribution in [3.05, 3.63) is 47.0 Å². The number of carbonyl (C=O) groups excluding carboxylic acids is 1. The second kappa shape index (κ2) is 8.04. The predicted molar refractivity (Wildman–Crippen MR) is 105 cm³/mol. The Hall–Kier alpha value is -1.82. The number of anilines is 1. The van der Waals surface area contributed by atoms with Crippen LogP contribution < -0.4 is 5.32 Å². The maximum atomic E-state index is 14.1. The zero-order valence-electron chi connectivity index (χ0n) is 15.8. The molecule has 138 valence electrons. The number of rotatable bonds is 4. The molecular weight excluding hydrogens is 337 g/mol. The molecule has 2 aromatic rings. The quantitative estimate of drug-likeness (QED) is 0.848. The van der Waals surface area contributed by atoms with E-state index in [-0.39, 0.29) is 30.4 Å². The topological polar surface area (TPSA) is 46.9 Å². The SMILES string of the molecule is Cc1nn(C)c(F)c1C(=O)Nc1ccccc1[C@@H](C)CC(C)(C)C.S. The van der Waals surface area contributed by atoms with Gasteiger partial charge >= 0.3 is 0 Å². The van der Waals surface area contributed by atoms with Gasteiger partial charge in [0, 0.05) is 12.7 Å². The van der Waals surface area contributed by atoms with Crippen LogP contribution in [0.2, 0.25) is 0 Å². The zero-order valence-corrected chi connectivity index (χ0v) is 16.8. The fourth-order valence-corrected chi connectivity index (χ4v) is 3.14. The summed E-state index contributed by atoms with van der Waals surface area (Å²) in [7, 11) is 1.48. The molecule has 0 saturated heterocycles. The van der Waals surface area contributed by atoms with E-state index in [1.165, 1.54) is 7.05 Å². The third-order valence-electron chi connectivity index (χ3n) is 4.04. The minimum atomic E-state index is -0.620. The van der Waals surface area contributed by atoms with E-state index < -0.39 is 11.9 Å². The average Bonchev–Trinajstić information content (AvgIpc) is 2.70. The van der Waals surface area contributed by atoms with Gasteiger partial charge in [-0.2, -0.15) is 23.0 Å². The van der Waals surface area contributed by atoms with Crippen molar-refractivity contribution in [1.82, 2.24) is 9.78 Å². The molecule has 0 aliphatic heterocycles. The molecule has 1 aromatic carbocycles. The molecule has 25 heavy (non-hydrogen) atoms. The first-order valence-electron chi connectivity index (χ1n) is 8.19. The number of carbonyl (C=O) groups is 1. The summed E-state index contributed by atoms with van der Waals surface area (Å²) in [6.45, 7) is 10.4. The van der Waals surface area contributed by atoms with Gasteiger partial charge in [-0.25, -0.2) is 4.68 Å². The lowest BCUT2D eigenvalue weighted by molar-refractivity contribution is 0.102. The third-order valence-corrected chi connectivity index (χ3v) is 4.04. The number of halogens is 1. The van der Waals surface area contributed by atoms with E-state index in [4.69, 9.17) is 0 Å². The fourth-order valence-electron chi connectivity index (χ4n) is 3.14. The van der Waals surface area contributed by atoms with Crippen molar-refractivity contribution >= 4 is 25.1 Å². The van der Waals surface area contributed by atoms with E-state index in [9.17, 15) is 9.18 Å². The fraction of sp³-hybridized carbons (Fsp3) is 0.474. The number of benzene rings is 1. The first kappa shape index (κ1) is 21.2. The molecule has 1 N–H and O–H groups in total. The number of para-hydroxylation sites is 1. The van der Waals surface area contributed by atoms with Gasteiger partial charge in [-0.1, -0.05) is 45.9 Å². The normalized spacial score (nSPS) is 12.4. The van der Waals surface area contributed by atoms with Crippen LogP contribution in [0, 0.1) is 18.3 Å². The van der Waals surface area contributed by atoms with Crippen LogP contribution in [-0.2, 0) is 7.05 Å². The van der Waals surface area contributed by atoms with E-state index in [0.717, 1.165) is 22.4 Å². The summed E-state index contributed by atoms with van der Waals surface area (Å²) < 4.78 is 15.2. The highest BCUT2D eigenvalue weighted by molar-refractivity contribution is 7.59. The molecule has 0 aliphatic carbocycles. The van der Waals surface area contributed by atoms with E-state index in [2.05, 4.69) is 38.1 Å². The first-order valence-corrected chi connectivity index (χ1v) is 8.19. The molecule has 0 spiro atoms. The van der Waals surface area contributed by atoms with Crippen LogP contribution in [0.15, 0.2) is 24.3 Å². The first-order chi connectivity index (χ1) is 11.1. The molecule has 0 fully saturated rings. The summed E-state index contributed by atoms with van der Waals surface area (Å²) in [5.74, 6) is -0.805. The number of aryl methyl sites for hydroxylation is 2. The summed E-state index contributed by atoms with van der Waals surface area (Å²) in [5.41, 5.74) is 2.34. The molecule has 0 aliphatic rings. The molecule has 0 radical (unpaired) electrons. The third kappa shape index (κ3) is 5.08. The van der Waals surface area contributed by atoms with Crippen molar-refractivity contribution in [2.24, 2.45) is 12.5 Å². The number of amides is 1. The maximum Gasteiger partial charge on any atom is 0.262 e. The Morgan fingerprint density at radius 2 is 1.92 bits per heavy atom. The smallest absolute Gasteiger partial charge is 0.262 e. The predicted octanol–water partition coefficient (Wildman–Crippen LogP) is 4.77. The van der Waals surface area contributed by atoms with E-state index in [1.54, 1.807) is 6.92 Å². The van der Waals surface area contributed by atoms with E-state index >= 15 is 0 Å². The van der Waals surface area contributed by atoms with Crippen molar-refractivity contribution in [2.75, 3.05) is 5.32 Å². The van der Waals surface area contributed by atoms with E-state index in [0.29, 0.717) is 5.69 Å². The Bertz CT molecular complexity index is 750. The lowest BCUT2D eigenvalue weighted by atomic mass is 9.82. The van der Waals surface area contributed by atoms with E-state index in [1.807, 2.05) is 24.3 Å². The Morgan fingerprint density at radius 1 is 1.32 bits per heavy atom. The van der Waals surface area contributed by atoms with Gasteiger partial charge in [0.2, 0.25) is 5.95 Å². The van der Waals surface area contributed by atoms with Gasteiger partial charge in [-0.15, -0.1) is 0 Å². The minimum absolute atomic E-state index is 0. The Kier molecular flexibility index (Phi) is 6.82. The molecule has 1 amide bonds. The molecule has 0 bridgehead atoms. The molecule has 1 aromatic heterocycles. The standard InChI is InChI=1S/C19H26FN3O.H2S/c1-12(11-19(3,4)5)14-9-7-8-10-15(14)21-18(24)16-13(2)22-23(6)17(16)20;/h7-10,12H,11H2,1-6H3,(H,21,24);1H2/t12-;/m0./s1. The maximum absolute atomic E-state index is 14.1. The molecule has 6 heteroatoms. The van der Waals surface area contributed by atoms with Crippen molar-refractivity contribution in [1.29, 1.82) is 0 Å². The number of aromatic nitrogens is 2. The summed E-state index contributed by atoms with van der Waals surface area (Å²) in [4.78, 5) is 12.5. The van der Waals surface area contributed by atoms with Crippen molar-refractivity contribution in [2.45, 2.75) is 47.0 Å². The number of nitrogens with zero attached hydrogens (tertiary/aromatic N) is 2. The van der Waals surface area contributed by atoms with Gasteiger partial charge in [0.25, 0.3) is 5.91 Å². The zero-order chi connectivity index (χ0) is 18.1. The van der Waals surface area contributed by atoms with Crippen LogP contribution in [0.3, 0.4) is 0 Å². The van der Waals surface area contributed by atoms with Crippen LogP contribution in [-0.4, -0.2) is 15.7 Å². The van der Waals surface area contributed by atoms with Gasteiger partial charge < -0.3 is 5.32 Å². The van der Waals surface area contributed by atoms with Gasteiger partial charge in [0.15, 0.2) is 0 Å². The highest BCUT2D eigenvalue weighted by Gasteiger charge is 2.23. The number of hydrogen-bond donors (Lipinski definition) is 1. The number of hydrogen-bond acceptors (Lipinski definition) is 2. The lowest BCUT2D eigenvalue weighted by Gasteiger charge is -2.25. The second-order valence-corrected chi connectivity index (χ2v) is 7.58. The van der Waals surface area contributed by atoms with Gasteiger partial charge in [0.05, 0.1) is 5.69 Å². The largest absolute Gasteiger partial charge is 0.322 e. The summed E-state index contributed by atoms with van der Waals surface area (Å²) >= 11 is 0. The summed E-state index contributed by atoms with van der Waals surface area (Å²) in [6.07, 6.45) is 0.986. The highest BCUT2D eigenvalue weighted by atomic mass is 32.1. The number of nitrogens with one attached hydrogen (secondary N) is 1. The molecular formula is C19H28FN3OS. The second-order valence-electron chi connectivity index (χ2n) is 7.58. The van der Waals surface area contributed by atoms with Crippen molar-refractivity contribution in [3.63, 3.8) is 0 Å². The van der Waals surface area contributed by atoms with Crippen molar-refractivity contribution in [3.8, 4) is 0 Å². The van der Waals surface area contributed by atoms with Crippen LogP contribution >= 0.6 is 13.5 Å². The molecule has 1 atom stereocenters. The van der Waals surface area contributed by atoms with Gasteiger partial charge in [-0.3, -0.25) is 4.79 Å². The Balaban J connectivity index is 0.00000312. The van der Waals surface area contributed by atoms with Crippen LogP contribution in [0.25, 0.3) is 0 Å². The lowest BCUT2D eigenvalue weighted by Crippen LogP contribution is -2.17. The van der Waals surface area contributed by atoms with Crippen LogP contribution in [0.5, 0.6) is 0 Å². The van der Waals surface area contributed by atoms with Gasteiger partial charge in [0.1, 0.15) is 5.56 Å². The minimum Gasteiger partial charge on any atom is -0.322 e. The summed E-state index contributed by atoms with van der Waals surface area (Å²) in [6, 6.07) is 7.70. The Labute approximate surface area is 156 Å². The van der Waals surface area contributed by atoms with Crippen molar-refractivity contribution < 1.29 is 9.18 Å². The van der Waals surface area contributed by atoms with Gasteiger partial charge in [-0.05, 0) is 36.3 Å². The van der Waals surface area contributed by atoms with Crippen LogP contribution in [0.1, 0.15) is 61.6 Å². The highest BCUT2D eigenvalue weighted by Crippen LogP contribution is 2.34. The van der Waals surface area contributed by atoms with Crippen LogP contribution in [0.4, 0.5) is 10.1 Å².